The molecule has 0 aromatic heterocycles. The Kier molecular flexibility index (Phi) is 4.29. The molecule has 2 amide bonds. The zero-order chi connectivity index (χ0) is 17.1. The molecule has 0 spiro atoms. The second-order valence-electron chi connectivity index (χ2n) is 5.45. The van der Waals surface area contributed by atoms with Crippen molar-refractivity contribution < 1.29 is 19.1 Å². The lowest BCUT2D eigenvalue weighted by atomic mass is 9.90. The molecule has 3 rings (SSSR count). The van der Waals surface area contributed by atoms with Gasteiger partial charge >= 0.3 is 5.97 Å². The number of rotatable bonds is 3. The van der Waals surface area contributed by atoms with E-state index in [1.165, 1.54) is 7.11 Å². The number of carbonyl (C=O) groups is 3. The molecular formula is C18H16N2O4. The van der Waals surface area contributed by atoms with Crippen molar-refractivity contribution in [2.75, 3.05) is 17.7 Å². The normalized spacial score (nSPS) is 15.9. The largest absolute Gasteiger partial charge is 0.465 e. The van der Waals surface area contributed by atoms with Crippen LogP contribution in [0.25, 0.3) is 0 Å². The van der Waals surface area contributed by atoms with Gasteiger partial charge in [-0.15, -0.1) is 0 Å². The quantitative estimate of drug-likeness (QED) is 0.850. The van der Waals surface area contributed by atoms with E-state index in [0.717, 1.165) is 5.56 Å². The smallest absolute Gasteiger partial charge is 0.337 e. The van der Waals surface area contributed by atoms with Gasteiger partial charge in [0.05, 0.1) is 18.6 Å². The Hall–Kier alpha value is -3.15. The van der Waals surface area contributed by atoms with Crippen molar-refractivity contribution in [1.82, 2.24) is 0 Å². The van der Waals surface area contributed by atoms with Gasteiger partial charge in [0, 0.05) is 17.8 Å². The van der Waals surface area contributed by atoms with Gasteiger partial charge in [-0.05, 0) is 35.9 Å². The Bertz CT molecular complexity index is 799. The molecule has 0 bridgehead atoms. The van der Waals surface area contributed by atoms with Crippen LogP contribution < -0.4 is 10.6 Å². The van der Waals surface area contributed by atoms with Gasteiger partial charge < -0.3 is 15.4 Å². The van der Waals surface area contributed by atoms with Crippen molar-refractivity contribution in [3.05, 3.63) is 59.7 Å². The van der Waals surface area contributed by atoms with E-state index < -0.39 is 11.9 Å². The molecule has 2 aromatic carbocycles. The molecule has 2 aromatic rings. The fraction of sp³-hybridized carbons (Fsp3) is 0.167. The van der Waals surface area contributed by atoms with Crippen LogP contribution in [0.2, 0.25) is 0 Å². The van der Waals surface area contributed by atoms with E-state index in [4.69, 9.17) is 0 Å². The van der Waals surface area contributed by atoms with Crippen LogP contribution in [0, 0.1) is 0 Å². The summed E-state index contributed by atoms with van der Waals surface area (Å²) in [5.41, 5.74) is 2.41. The van der Waals surface area contributed by atoms with Gasteiger partial charge in [0.15, 0.2) is 0 Å². The highest BCUT2D eigenvalue weighted by Crippen LogP contribution is 2.32. The van der Waals surface area contributed by atoms with E-state index in [9.17, 15) is 14.4 Å². The first kappa shape index (κ1) is 15.7. The number of fused-ring (bicyclic) bond motifs is 1. The molecule has 122 valence electrons. The van der Waals surface area contributed by atoms with E-state index in [0.29, 0.717) is 16.9 Å². The van der Waals surface area contributed by atoms with E-state index in [-0.39, 0.29) is 18.2 Å². The van der Waals surface area contributed by atoms with Crippen molar-refractivity contribution in [1.29, 1.82) is 0 Å². The number of esters is 1. The van der Waals surface area contributed by atoms with Gasteiger partial charge in [-0.3, -0.25) is 9.59 Å². The van der Waals surface area contributed by atoms with Crippen LogP contribution in [0.3, 0.4) is 0 Å². The molecule has 0 saturated heterocycles. The number of amides is 2. The van der Waals surface area contributed by atoms with Crippen molar-refractivity contribution in [3.8, 4) is 0 Å². The average Bonchev–Trinajstić information content (AvgIpc) is 2.60. The molecule has 0 unspecified atom stereocenters. The summed E-state index contributed by atoms with van der Waals surface area (Å²) in [4.78, 5) is 35.8. The first-order valence-electron chi connectivity index (χ1n) is 7.46. The standard InChI is InChI=1S/C18H16N2O4/c1-24-18(23)11-6-8-12(9-7-11)19-17(22)14-10-16(21)20-15-5-3-2-4-13(14)15/h2-9,14H,10H2,1H3,(H,19,22)(H,20,21)/t14-/m0/s1. The van der Waals surface area contributed by atoms with E-state index in [1.54, 1.807) is 30.3 Å². The molecule has 0 fully saturated rings. The number of anilines is 2. The fourth-order valence-electron chi connectivity index (χ4n) is 2.68. The molecule has 6 nitrogen and oxygen atoms in total. The zero-order valence-electron chi connectivity index (χ0n) is 13.0. The third kappa shape index (κ3) is 3.12. The maximum atomic E-state index is 12.6. The predicted octanol–water partition coefficient (Wildman–Crippen LogP) is 2.54. The number of nitrogens with one attached hydrogen (secondary N) is 2. The number of hydrogen-bond acceptors (Lipinski definition) is 4. The Morgan fingerprint density at radius 2 is 1.83 bits per heavy atom. The minimum atomic E-state index is -0.546. The van der Waals surface area contributed by atoms with Crippen molar-refractivity contribution in [3.63, 3.8) is 0 Å². The van der Waals surface area contributed by atoms with Gasteiger partial charge in [0.1, 0.15) is 0 Å². The number of methoxy groups -OCH3 is 1. The number of benzene rings is 2. The van der Waals surface area contributed by atoms with Gasteiger partial charge in [-0.1, -0.05) is 18.2 Å². The highest BCUT2D eigenvalue weighted by atomic mass is 16.5. The minimum absolute atomic E-state index is 0.100. The summed E-state index contributed by atoms with van der Waals surface area (Å²) in [6, 6.07) is 13.6. The number of ether oxygens (including phenoxy) is 1. The highest BCUT2D eigenvalue weighted by molar-refractivity contribution is 6.05. The molecule has 1 atom stereocenters. The molecule has 0 saturated carbocycles. The van der Waals surface area contributed by atoms with Gasteiger partial charge in [0.25, 0.3) is 0 Å². The number of carbonyl (C=O) groups excluding carboxylic acids is 3. The van der Waals surface area contributed by atoms with Gasteiger partial charge in [-0.25, -0.2) is 4.79 Å². The van der Waals surface area contributed by atoms with Gasteiger partial charge in [-0.2, -0.15) is 0 Å². The lowest BCUT2D eigenvalue weighted by Crippen LogP contribution is -2.30. The summed E-state index contributed by atoms with van der Waals surface area (Å²) in [6.45, 7) is 0. The van der Waals surface area contributed by atoms with E-state index in [1.807, 2.05) is 18.2 Å². The lowest BCUT2D eigenvalue weighted by molar-refractivity contribution is -0.123. The molecule has 1 aliphatic rings. The molecule has 6 heteroatoms. The Morgan fingerprint density at radius 3 is 2.54 bits per heavy atom. The SMILES string of the molecule is COC(=O)c1ccc(NC(=O)[C@H]2CC(=O)Nc3ccccc32)cc1. The lowest BCUT2D eigenvalue weighted by Gasteiger charge is -2.24. The van der Waals surface area contributed by atoms with E-state index in [2.05, 4.69) is 15.4 Å². The van der Waals surface area contributed by atoms with Crippen LogP contribution in [0.1, 0.15) is 28.3 Å². The average molecular weight is 324 g/mol. The van der Waals surface area contributed by atoms with Crippen LogP contribution in [-0.4, -0.2) is 24.9 Å². The van der Waals surface area contributed by atoms with Gasteiger partial charge in [0.2, 0.25) is 11.8 Å². The maximum absolute atomic E-state index is 12.6. The monoisotopic (exact) mass is 324 g/mol. The number of para-hydroxylation sites is 1. The Balaban J connectivity index is 1.78. The highest BCUT2D eigenvalue weighted by Gasteiger charge is 2.30. The summed E-state index contributed by atoms with van der Waals surface area (Å²) in [7, 11) is 1.31. The van der Waals surface area contributed by atoms with Crippen LogP contribution in [0.15, 0.2) is 48.5 Å². The van der Waals surface area contributed by atoms with Crippen LogP contribution in [0.4, 0.5) is 11.4 Å². The summed E-state index contributed by atoms with van der Waals surface area (Å²) in [5, 5.41) is 5.55. The Morgan fingerprint density at radius 1 is 1.12 bits per heavy atom. The second-order valence-corrected chi connectivity index (χ2v) is 5.45. The maximum Gasteiger partial charge on any atom is 0.337 e. The molecule has 0 aliphatic carbocycles. The first-order valence-corrected chi connectivity index (χ1v) is 7.46. The fourth-order valence-corrected chi connectivity index (χ4v) is 2.68. The van der Waals surface area contributed by atoms with Crippen LogP contribution in [-0.2, 0) is 14.3 Å². The molecule has 24 heavy (non-hydrogen) atoms. The molecule has 2 N–H and O–H groups in total. The first-order chi connectivity index (χ1) is 11.6. The molecule has 1 heterocycles. The zero-order valence-corrected chi connectivity index (χ0v) is 13.0. The van der Waals surface area contributed by atoms with Crippen molar-refractivity contribution in [2.45, 2.75) is 12.3 Å². The summed E-state index contributed by atoms with van der Waals surface area (Å²) in [5.74, 6) is -1.43. The predicted molar refractivity (Wildman–Crippen MR) is 88.8 cm³/mol. The minimum Gasteiger partial charge on any atom is -0.465 e. The van der Waals surface area contributed by atoms with Crippen molar-refractivity contribution >= 4 is 29.2 Å². The third-order valence-electron chi connectivity index (χ3n) is 3.89. The third-order valence-corrected chi connectivity index (χ3v) is 3.89. The second kappa shape index (κ2) is 6.54. The summed E-state index contributed by atoms with van der Waals surface area (Å²) >= 11 is 0. The summed E-state index contributed by atoms with van der Waals surface area (Å²) in [6.07, 6.45) is 0.100. The number of hydrogen-bond donors (Lipinski definition) is 2. The van der Waals surface area contributed by atoms with E-state index >= 15 is 0 Å². The molecule has 1 aliphatic heterocycles. The molecule has 0 radical (unpaired) electrons. The van der Waals surface area contributed by atoms with Crippen molar-refractivity contribution in [2.24, 2.45) is 0 Å². The molecular weight excluding hydrogens is 308 g/mol. The Labute approximate surface area is 138 Å². The van der Waals surface area contributed by atoms with Crippen LogP contribution in [0.5, 0.6) is 0 Å². The topological polar surface area (TPSA) is 84.5 Å². The summed E-state index contributed by atoms with van der Waals surface area (Å²) < 4.78 is 4.63. The van der Waals surface area contributed by atoms with Crippen LogP contribution >= 0.6 is 0 Å².